The Hall–Kier alpha value is 0.0900. The summed E-state index contributed by atoms with van der Waals surface area (Å²) in [6, 6.07) is 2.18. The van der Waals surface area contributed by atoms with E-state index in [1.165, 1.54) is 11.3 Å². The van der Waals surface area contributed by atoms with Crippen molar-refractivity contribution in [1.82, 2.24) is 10.2 Å². The molecule has 0 radical (unpaired) electrons. The third-order valence-electron chi connectivity index (χ3n) is 3.27. The SMILES string of the molecule is CCN1CCC(NC(=O)c2cc(Br)sc2Br)CC1. The Balaban J connectivity index is 1.90. The van der Waals surface area contributed by atoms with Gasteiger partial charge in [-0.1, -0.05) is 6.92 Å². The van der Waals surface area contributed by atoms with E-state index in [0.29, 0.717) is 6.04 Å². The fourth-order valence-corrected chi connectivity index (χ4v) is 4.95. The van der Waals surface area contributed by atoms with E-state index >= 15 is 0 Å². The van der Waals surface area contributed by atoms with Crippen LogP contribution in [0.5, 0.6) is 0 Å². The van der Waals surface area contributed by atoms with E-state index < -0.39 is 0 Å². The number of amides is 1. The number of carbonyl (C=O) groups is 1. The molecule has 2 rings (SSSR count). The molecule has 0 aromatic carbocycles. The third kappa shape index (κ3) is 3.56. The molecular formula is C12H16Br2N2OS. The Labute approximate surface area is 128 Å². The molecule has 1 aromatic rings. The monoisotopic (exact) mass is 394 g/mol. The van der Waals surface area contributed by atoms with Crippen LogP contribution in [0.2, 0.25) is 0 Å². The van der Waals surface area contributed by atoms with Gasteiger partial charge in [-0.2, -0.15) is 0 Å². The van der Waals surface area contributed by atoms with E-state index in [4.69, 9.17) is 0 Å². The fourth-order valence-electron chi connectivity index (χ4n) is 2.15. The number of rotatable bonds is 3. The minimum Gasteiger partial charge on any atom is -0.349 e. The van der Waals surface area contributed by atoms with E-state index in [9.17, 15) is 4.79 Å². The van der Waals surface area contributed by atoms with E-state index in [0.717, 1.165) is 45.6 Å². The Kier molecular flexibility index (Phi) is 5.24. The first-order valence-electron chi connectivity index (χ1n) is 6.08. The first kappa shape index (κ1) is 14.5. The van der Waals surface area contributed by atoms with Crippen molar-refractivity contribution in [2.45, 2.75) is 25.8 Å². The molecule has 6 heteroatoms. The number of carbonyl (C=O) groups excluding carboxylic acids is 1. The van der Waals surface area contributed by atoms with Gasteiger partial charge in [0.2, 0.25) is 0 Å². The molecule has 1 saturated heterocycles. The van der Waals surface area contributed by atoms with E-state index in [2.05, 4.69) is 49.0 Å². The van der Waals surface area contributed by atoms with Crippen molar-refractivity contribution in [1.29, 1.82) is 0 Å². The fraction of sp³-hybridized carbons (Fsp3) is 0.583. The molecule has 1 amide bonds. The molecule has 1 N–H and O–H groups in total. The van der Waals surface area contributed by atoms with Gasteiger partial charge >= 0.3 is 0 Å². The second-order valence-electron chi connectivity index (χ2n) is 4.42. The van der Waals surface area contributed by atoms with Crippen LogP contribution < -0.4 is 5.32 Å². The van der Waals surface area contributed by atoms with Gasteiger partial charge in [-0.25, -0.2) is 0 Å². The van der Waals surface area contributed by atoms with Gasteiger partial charge in [0.25, 0.3) is 5.91 Å². The van der Waals surface area contributed by atoms with Crippen molar-refractivity contribution < 1.29 is 4.79 Å². The summed E-state index contributed by atoms with van der Waals surface area (Å²) >= 11 is 8.35. The van der Waals surface area contributed by atoms with Gasteiger partial charge in [-0.3, -0.25) is 4.79 Å². The average Bonchev–Trinajstić information content (AvgIpc) is 2.69. The third-order valence-corrected chi connectivity index (χ3v) is 5.61. The summed E-state index contributed by atoms with van der Waals surface area (Å²) in [6.07, 6.45) is 2.09. The topological polar surface area (TPSA) is 32.3 Å². The minimum absolute atomic E-state index is 0.0266. The molecule has 0 atom stereocenters. The molecule has 1 aliphatic heterocycles. The van der Waals surface area contributed by atoms with Crippen LogP contribution in [0, 0.1) is 0 Å². The van der Waals surface area contributed by atoms with Gasteiger partial charge in [0.15, 0.2) is 0 Å². The van der Waals surface area contributed by atoms with E-state index in [-0.39, 0.29) is 5.91 Å². The molecule has 2 heterocycles. The maximum absolute atomic E-state index is 12.1. The molecule has 18 heavy (non-hydrogen) atoms. The van der Waals surface area contributed by atoms with Crippen LogP contribution >= 0.6 is 43.2 Å². The zero-order chi connectivity index (χ0) is 13.1. The van der Waals surface area contributed by atoms with Crippen molar-refractivity contribution in [3.05, 3.63) is 19.2 Å². The summed E-state index contributed by atoms with van der Waals surface area (Å²) in [5.74, 6) is 0.0266. The largest absolute Gasteiger partial charge is 0.349 e. The molecule has 0 bridgehead atoms. The quantitative estimate of drug-likeness (QED) is 0.849. The summed E-state index contributed by atoms with van der Waals surface area (Å²) < 4.78 is 1.86. The lowest BCUT2D eigenvalue weighted by atomic mass is 10.0. The first-order valence-corrected chi connectivity index (χ1v) is 8.48. The molecule has 0 spiro atoms. The first-order chi connectivity index (χ1) is 8.60. The van der Waals surface area contributed by atoms with Crippen molar-refractivity contribution in [2.24, 2.45) is 0 Å². The number of nitrogens with zero attached hydrogens (tertiary/aromatic N) is 1. The number of hydrogen-bond donors (Lipinski definition) is 1. The zero-order valence-corrected chi connectivity index (χ0v) is 14.2. The summed E-state index contributed by atoms with van der Waals surface area (Å²) in [4.78, 5) is 14.5. The van der Waals surface area contributed by atoms with Gasteiger partial charge in [0.05, 0.1) is 13.1 Å². The predicted molar refractivity (Wildman–Crippen MR) is 82.3 cm³/mol. The Morgan fingerprint density at radius 1 is 1.50 bits per heavy atom. The number of thiophene rings is 1. The van der Waals surface area contributed by atoms with Crippen LogP contribution in [0.4, 0.5) is 0 Å². The zero-order valence-electron chi connectivity index (χ0n) is 10.2. The highest BCUT2D eigenvalue weighted by Crippen LogP contribution is 2.31. The summed E-state index contributed by atoms with van der Waals surface area (Å²) in [5.41, 5.74) is 0.727. The van der Waals surface area contributed by atoms with Crippen molar-refractivity contribution in [3.63, 3.8) is 0 Å². The minimum atomic E-state index is 0.0266. The maximum atomic E-state index is 12.1. The number of nitrogens with one attached hydrogen (secondary N) is 1. The summed E-state index contributed by atoms with van der Waals surface area (Å²) in [5, 5.41) is 3.12. The molecule has 0 aliphatic carbocycles. The van der Waals surface area contributed by atoms with Crippen LogP contribution in [0.25, 0.3) is 0 Å². The summed E-state index contributed by atoms with van der Waals surface area (Å²) in [6.45, 7) is 5.44. The molecule has 100 valence electrons. The van der Waals surface area contributed by atoms with Crippen molar-refractivity contribution in [2.75, 3.05) is 19.6 Å². The van der Waals surface area contributed by atoms with Gasteiger partial charge in [0, 0.05) is 19.1 Å². The van der Waals surface area contributed by atoms with Crippen LogP contribution in [-0.2, 0) is 0 Å². The second kappa shape index (κ2) is 6.50. The highest BCUT2D eigenvalue weighted by Gasteiger charge is 2.21. The predicted octanol–water partition coefficient (Wildman–Crippen LogP) is 3.49. The van der Waals surface area contributed by atoms with Gasteiger partial charge in [0.1, 0.15) is 0 Å². The molecule has 3 nitrogen and oxygen atoms in total. The van der Waals surface area contributed by atoms with Crippen LogP contribution in [0.3, 0.4) is 0 Å². The van der Waals surface area contributed by atoms with Crippen LogP contribution in [-0.4, -0.2) is 36.5 Å². The van der Waals surface area contributed by atoms with Crippen LogP contribution in [0.1, 0.15) is 30.1 Å². The number of piperidine rings is 1. The van der Waals surface area contributed by atoms with Crippen molar-refractivity contribution in [3.8, 4) is 0 Å². The molecule has 1 aromatic heterocycles. The molecule has 1 fully saturated rings. The average molecular weight is 396 g/mol. The van der Waals surface area contributed by atoms with Gasteiger partial charge in [-0.05, 0) is 57.3 Å². The van der Waals surface area contributed by atoms with Gasteiger partial charge in [-0.15, -0.1) is 11.3 Å². The van der Waals surface area contributed by atoms with Crippen LogP contribution in [0.15, 0.2) is 13.6 Å². The number of halogens is 2. The Bertz CT molecular complexity index is 428. The highest BCUT2D eigenvalue weighted by atomic mass is 79.9. The van der Waals surface area contributed by atoms with E-state index in [1.54, 1.807) is 0 Å². The second-order valence-corrected chi connectivity index (χ2v) is 8.17. The molecular weight excluding hydrogens is 380 g/mol. The smallest absolute Gasteiger partial charge is 0.253 e. The highest BCUT2D eigenvalue weighted by molar-refractivity contribution is 9.12. The lowest BCUT2D eigenvalue weighted by Gasteiger charge is -2.31. The Morgan fingerprint density at radius 3 is 2.67 bits per heavy atom. The van der Waals surface area contributed by atoms with E-state index in [1.807, 2.05) is 6.07 Å². The Morgan fingerprint density at radius 2 is 2.17 bits per heavy atom. The molecule has 0 unspecified atom stereocenters. The van der Waals surface area contributed by atoms with Crippen molar-refractivity contribution >= 4 is 49.1 Å². The maximum Gasteiger partial charge on any atom is 0.253 e. The van der Waals surface area contributed by atoms with Gasteiger partial charge < -0.3 is 10.2 Å². The summed E-state index contributed by atoms with van der Waals surface area (Å²) in [7, 11) is 0. The molecule has 1 aliphatic rings. The molecule has 0 saturated carbocycles. The standard InChI is InChI=1S/C12H16Br2N2OS/c1-2-16-5-3-8(4-6-16)15-12(17)9-7-10(13)18-11(9)14/h7-8H,2-6H2,1H3,(H,15,17). The number of hydrogen-bond acceptors (Lipinski definition) is 3. The normalized spacial score (nSPS) is 17.9. The lowest BCUT2D eigenvalue weighted by Crippen LogP contribution is -2.44. The lowest BCUT2D eigenvalue weighted by molar-refractivity contribution is 0.0912. The number of likely N-dealkylation sites (tertiary alicyclic amines) is 1.